The molecule has 0 saturated heterocycles. The van der Waals surface area contributed by atoms with Crippen molar-refractivity contribution in [2.45, 2.75) is 30.2 Å². The lowest BCUT2D eigenvalue weighted by Crippen LogP contribution is -2.24. The first-order valence-electron chi connectivity index (χ1n) is 10.7. The van der Waals surface area contributed by atoms with E-state index in [0.717, 1.165) is 29.5 Å². The topological polar surface area (TPSA) is 94.5 Å². The van der Waals surface area contributed by atoms with Crippen molar-refractivity contribution in [1.82, 2.24) is 4.57 Å². The van der Waals surface area contributed by atoms with E-state index in [2.05, 4.69) is 5.32 Å². The standard InChI is InChI=1S/C26H23FN2O5S/c1-16-4-10-21(12-17(16)2)35(32,33)24-14-29(23-11-5-18(27)13-22(23)26(24)31)15-25(30)28-19-6-8-20(34-3)9-7-19/h4-14H,15H2,1-3H3,(H,28,30). The molecule has 4 aromatic rings. The Hall–Kier alpha value is -3.98. The van der Waals surface area contributed by atoms with Crippen molar-refractivity contribution < 1.29 is 22.3 Å². The molecule has 3 aromatic carbocycles. The van der Waals surface area contributed by atoms with Crippen molar-refractivity contribution in [2.75, 3.05) is 12.4 Å². The van der Waals surface area contributed by atoms with Gasteiger partial charge in [0.1, 0.15) is 23.0 Å². The van der Waals surface area contributed by atoms with Gasteiger partial charge in [-0.3, -0.25) is 9.59 Å². The Kier molecular flexibility index (Phi) is 6.45. The molecular weight excluding hydrogens is 471 g/mol. The number of fused-ring (bicyclic) bond motifs is 1. The minimum absolute atomic E-state index is 0.0531. The fourth-order valence-electron chi connectivity index (χ4n) is 3.70. The molecule has 1 amide bonds. The van der Waals surface area contributed by atoms with Gasteiger partial charge < -0.3 is 14.6 Å². The number of carbonyl (C=O) groups is 1. The lowest BCUT2D eigenvalue weighted by atomic mass is 10.1. The van der Waals surface area contributed by atoms with Crippen LogP contribution >= 0.6 is 0 Å². The van der Waals surface area contributed by atoms with Crippen molar-refractivity contribution in [3.63, 3.8) is 0 Å². The van der Waals surface area contributed by atoms with E-state index in [9.17, 15) is 22.4 Å². The maximum atomic E-state index is 14.0. The van der Waals surface area contributed by atoms with Crippen LogP contribution in [0, 0.1) is 19.7 Å². The molecule has 180 valence electrons. The van der Waals surface area contributed by atoms with Crippen LogP contribution in [0.3, 0.4) is 0 Å². The molecule has 0 spiro atoms. The molecule has 0 aliphatic rings. The molecule has 9 heteroatoms. The van der Waals surface area contributed by atoms with Gasteiger partial charge in [0.25, 0.3) is 0 Å². The smallest absolute Gasteiger partial charge is 0.244 e. The number of nitrogens with zero attached hydrogens (tertiary/aromatic N) is 1. The van der Waals surface area contributed by atoms with Crippen LogP contribution in [0.2, 0.25) is 0 Å². The van der Waals surface area contributed by atoms with E-state index >= 15 is 0 Å². The van der Waals surface area contributed by atoms with Gasteiger partial charge in [0, 0.05) is 17.3 Å². The summed E-state index contributed by atoms with van der Waals surface area (Å²) in [6.45, 7) is 3.31. The highest BCUT2D eigenvalue weighted by atomic mass is 32.2. The molecule has 0 radical (unpaired) electrons. The first-order valence-corrected chi connectivity index (χ1v) is 12.2. The monoisotopic (exact) mass is 494 g/mol. The molecule has 0 aliphatic carbocycles. The van der Waals surface area contributed by atoms with Crippen molar-refractivity contribution in [1.29, 1.82) is 0 Å². The number of carbonyl (C=O) groups excluding carboxylic acids is 1. The lowest BCUT2D eigenvalue weighted by molar-refractivity contribution is -0.116. The Balaban J connectivity index is 1.80. The molecular formula is C26H23FN2O5S. The fraction of sp³-hybridized carbons (Fsp3) is 0.154. The van der Waals surface area contributed by atoms with E-state index in [1.807, 2.05) is 6.92 Å². The number of ether oxygens (including phenoxy) is 1. The van der Waals surface area contributed by atoms with Crippen molar-refractivity contribution in [2.24, 2.45) is 0 Å². The van der Waals surface area contributed by atoms with Gasteiger partial charge >= 0.3 is 0 Å². The van der Waals surface area contributed by atoms with Crippen LogP contribution in [0.25, 0.3) is 10.9 Å². The highest BCUT2D eigenvalue weighted by molar-refractivity contribution is 7.91. The molecule has 1 heterocycles. The molecule has 0 saturated carbocycles. The Labute approximate surface area is 201 Å². The number of halogens is 1. The highest BCUT2D eigenvalue weighted by Gasteiger charge is 2.25. The van der Waals surface area contributed by atoms with Crippen LogP contribution in [0.15, 0.2) is 81.4 Å². The third-order valence-electron chi connectivity index (χ3n) is 5.78. The van der Waals surface area contributed by atoms with Gasteiger partial charge in [0.2, 0.25) is 21.2 Å². The van der Waals surface area contributed by atoms with Crippen LogP contribution in [0.1, 0.15) is 11.1 Å². The Morgan fingerprint density at radius 2 is 1.71 bits per heavy atom. The van der Waals surface area contributed by atoms with E-state index < -0.39 is 31.9 Å². The molecule has 1 N–H and O–H groups in total. The number of rotatable bonds is 6. The summed E-state index contributed by atoms with van der Waals surface area (Å²) in [5, 5.41) is 2.59. The molecule has 0 fully saturated rings. The number of benzene rings is 3. The first-order chi connectivity index (χ1) is 16.6. The SMILES string of the molecule is COc1ccc(NC(=O)Cn2cc(S(=O)(=O)c3ccc(C)c(C)c3)c(=O)c3cc(F)ccc32)cc1. The number of sulfone groups is 1. The van der Waals surface area contributed by atoms with Gasteiger partial charge in [-0.2, -0.15) is 0 Å². The van der Waals surface area contributed by atoms with Gasteiger partial charge in [-0.25, -0.2) is 12.8 Å². The van der Waals surface area contributed by atoms with Gasteiger partial charge in [-0.15, -0.1) is 0 Å². The Morgan fingerprint density at radius 3 is 2.37 bits per heavy atom. The largest absolute Gasteiger partial charge is 0.497 e. The van der Waals surface area contributed by atoms with Gasteiger partial charge in [-0.05, 0) is 79.6 Å². The molecule has 0 atom stereocenters. The predicted octanol–water partition coefficient (Wildman–Crippen LogP) is 4.24. The summed E-state index contributed by atoms with van der Waals surface area (Å²) in [6.07, 6.45) is 1.14. The van der Waals surface area contributed by atoms with Crippen LogP contribution in [-0.4, -0.2) is 26.0 Å². The zero-order valence-corrected chi connectivity index (χ0v) is 20.1. The molecule has 0 unspecified atom stereocenters. The second-order valence-corrected chi connectivity index (χ2v) is 10.1. The van der Waals surface area contributed by atoms with Crippen molar-refractivity contribution >= 4 is 32.3 Å². The summed E-state index contributed by atoms with van der Waals surface area (Å²) in [5.41, 5.74) is 1.56. The third-order valence-corrected chi connectivity index (χ3v) is 7.52. The minimum atomic E-state index is -4.24. The molecule has 0 aliphatic heterocycles. The first kappa shape index (κ1) is 24.2. The minimum Gasteiger partial charge on any atom is -0.497 e. The van der Waals surface area contributed by atoms with Gasteiger partial charge in [0.05, 0.1) is 17.5 Å². The molecule has 35 heavy (non-hydrogen) atoms. The van der Waals surface area contributed by atoms with E-state index in [1.165, 1.54) is 29.9 Å². The van der Waals surface area contributed by atoms with Crippen LogP contribution < -0.4 is 15.5 Å². The summed E-state index contributed by atoms with van der Waals surface area (Å²) in [6, 6.07) is 14.7. The number of aryl methyl sites for hydroxylation is 2. The lowest BCUT2D eigenvalue weighted by Gasteiger charge is -2.15. The average molecular weight is 495 g/mol. The van der Waals surface area contributed by atoms with Crippen molar-refractivity contribution in [3.8, 4) is 5.75 Å². The summed E-state index contributed by atoms with van der Waals surface area (Å²) in [5.74, 6) is -0.527. The van der Waals surface area contributed by atoms with Crippen LogP contribution in [0.5, 0.6) is 5.75 Å². The molecule has 0 bridgehead atoms. The maximum Gasteiger partial charge on any atom is 0.244 e. The number of methoxy groups -OCH3 is 1. The van der Waals surface area contributed by atoms with E-state index in [0.29, 0.717) is 11.4 Å². The number of aromatic nitrogens is 1. The molecule has 1 aromatic heterocycles. The maximum absolute atomic E-state index is 14.0. The van der Waals surface area contributed by atoms with Gasteiger partial charge in [0.15, 0.2) is 0 Å². The van der Waals surface area contributed by atoms with E-state index in [4.69, 9.17) is 4.74 Å². The highest BCUT2D eigenvalue weighted by Crippen LogP contribution is 2.24. The molecule has 7 nitrogen and oxygen atoms in total. The Bertz CT molecular complexity index is 1610. The summed E-state index contributed by atoms with van der Waals surface area (Å²) in [4.78, 5) is 25.4. The summed E-state index contributed by atoms with van der Waals surface area (Å²) >= 11 is 0. The second kappa shape index (κ2) is 9.34. The number of anilines is 1. The number of nitrogens with one attached hydrogen (secondary N) is 1. The third kappa shape index (κ3) is 4.81. The fourth-order valence-corrected chi connectivity index (χ4v) is 5.16. The zero-order chi connectivity index (χ0) is 25.3. The zero-order valence-electron chi connectivity index (χ0n) is 19.3. The van der Waals surface area contributed by atoms with Crippen LogP contribution in [-0.2, 0) is 21.2 Å². The summed E-state index contributed by atoms with van der Waals surface area (Å²) < 4.78 is 47.3. The summed E-state index contributed by atoms with van der Waals surface area (Å²) in [7, 11) is -2.71. The van der Waals surface area contributed by atoms with Crippen LogP contribution in [0.4, 0.5) is 10.1 Å². The van der Waals surface area contributed by atoms with Gasteiger partial charge in [-0.1, -0.05) is 6.07 Å². The quantitative estimate of drug-likeness (QED) is 0.433. The van der Waals surface area contributed by atoms with E-state index in [-0.39, 0.29) is 22.3 Å². The number of pyridine rings is 1. The predicted molar refractivity (Wildman–Crippen MR) is 131 cm³/mol. The normalized spacial score (nSPS) is 11.4. The number of hydrogen-bond donors (Lipinski definition) is 1. The number of amides is 1. The molecule has 4 rings (SSSR count). The average Bonchev–Trinajstić information content (AvgIpc) is 2.82. The van der Waals surface area contributed by atoms with E-state index in [1.54, 1.807) is 37.3 Å². The second-order valence-electron chi connectivity index (χ2n) is 8.14. The number of hydrogen-bond acceptors (Lipinski definition) is 5. The Morgan fingerprint density at radius 1 is 1.00 bits per heavy atom. The van der Waals surface area contributed by atoms with Crippen molar-refractivity contribution in [3.05, 3.63) is 94.0 Å².